The SMILES string of the molecule is CN(C)c1ncc(-c2ccncc2)nc1OC1CCN(C(=O)OC(C)(C)C)CC1. The van der Waals surface area contributed by atoms with Gasteiger partial charge in [0.25, 0.3) is 5.88 Å². The second-order valence-electron chi connectivity index (χ2n) is 8.30. The predicted octanol–water partition coefficient (Wildman–Crippen LogP) is 3.38. The molecule has 29 heavy (non-hydrogen) atoms. The zero-order valence-electron chi connectivity index (χ0n) is 17.8. The normalized spacial score (nSPS) is 15.1. The van der Waals surface area contributed by atoms with Gasteiger partial charge < -0.3 is 19.3 Å². The predicted molar refractivity (Wildman–Crippen MR) is 111 cm³/mol. The number of piperidine rings is 1. The van der Waals surface area contributed by atoms with E-state index in [1.807, 2.05) is 51.9 Å². The van der Waals surface area contributed by atoms with Crippen molar-refractivity contribution in [1.82, 2.24) is 19.9 Å². The molecule has 0 unspecified atom stereocenters. The maximum atomic E-state index is 12.3. The lowest BCUT2D eigenvalue weighted by Crippen LogP contribution is -2.44. The van der Waals surface area contributed by atoms with E-state index in [-0.39, 0.29) is 12.2 Å². The summed E-state index contributed by atoms with van der Waals surface area (Å²) in [6.45, 7) is 6.80. The van der Waals surface area contributed by atoms with Crippen molar-refractivity contribution < 1.29 is 14.3 Å². The Morgan fingerprint density at radius 2 is 1.83 bits per heavy atom. The summed E-state index contributed by atoms with van der Waals surface area (Å²) in [6, 6.07) is 3.78. The number of nitrogens with zero attached hydrogens (tertiary/aromatic N) is 5. The van der Waals surface area contributed by atoms with Gasteiger partial charge in [-0.3, -0.25) is 4.98 Å². The molecule has 0 bridgehead atoms. The smallest absolute Gasteiger partial charge is 0.410 e. The van der Waals surface area contributed by atoms with Gasteiger partial charge in [0.05, 0.1) is 11.9 Å². The first-order valence-corrected chi connectivity index (χ1v) is 9.82. The van der Waals surface area contributed by atoms with Gasteiger partial charge >= 0.3 is 6.09 Å². The maximum Gasteiger partial charge on any atom is 0.410 e. The molecule has 1 aliphatic rings. The average Bonchev–Trinajstić information content (AvgIpc) is 2.67. The van der Waals surface area contributed by atoms with E-state index < -0.39 is 5.60 Å². The van der Waals surface area contributed by atoms with Crippen molar-refractivity contribution in [2.75, 3.05) is 32.1 Å². The third-order valence-electron chi connectivity index (χ3n) is 4.49. The van der Waals surface area contributed by atoms with Crippen LogP contribution in [0.1, 0.15) is 33.6 Å². The average molecular weight is 399 g/mol. The maximum absolute atomic E-state index is 12.3. The van der Waals surface area contributed by atoms with Crippen molar-refractivity contribution in [3.05, 3.63) is 30.7 Å². The summed E-state index contributed by atoms with van der Waals surface area (Å²) in [7, 11) is 3.82. The Morgan fingerprint density at radius 1 is 1.17 bits per heavy atom. The summed E-state index contributed by atoms with van der Waals surface area (Å²) in [5.74, 6) is 1.18. The molecule has 1 amide bonds. The number of carbonyl (C=O) groups excluding carboxylic acids is 1. The van der Waals surface area contributed by atoms with E-state index in [9.17, 15) is 4.79 Å². The van der Waals surface area contributed by atoms with Crippen LogP contribution in [0.25, 0.3) is 11.3 Å². The fraction of sp³-hybridized carbons (Fsp3) is 0.524. The molecule has 1 fully saturated rings. The van der Waals surface area contributed by atoms with Crippen molar-refractivity contribution in [1.29, 1.82) is 0 Å². The highest BCUT2D eigenvalue weighted by Gasteiger charge is 2.28. The first-order valence-electron chi connectivity index (χ1n) is 9.82. The Labute approximate surface area is 171 Å². The molecule has 2 aromatic rings. The number of hydrogen-bond acceptors (Lipinski definition) is 7. The molecule has 0 saturated carbocycles. The van der Waals surface area contributed by atoms with Gasteiger partial charge in [-0.1, -0.05) is 0 Å². The van der Waals surface area contributed by atoms with Crippen LogP contribution in [0.15, 0.2) is 30.7 Å². The molecule has 1 saturated heterocycles. The summed E-state index contributed by atoms with van der Waals surface area (Å²) in [6.07, 6.45) is 6.32. The van der Waals surface area contributed by atoms with Crippen molar-refractivity contribution >= 4 is 11.9 Å². The lowest BCUT2D eigenvalue weighted by molar-refractivity contribution is 0.0123. The first kappa shape index (κ1) is 20.8. The molecule has 1 aliphatic heterocycles. The molecule has 0 spiro atoms. The van der Waals surface area contributed by atoms with Crippen LogP contribution in [0, 0.1) is 0 Å². The summed E-state index contributed by atoms with van der Waals surface area (Å²) < 4.78 is 11.7. The summed E-state index contributed by atoms with van der Waals surface area (Å²) in [4.78, 5) is 29.2. The molecule has 0 aliphatic carbocycles. The van der Waals surface area contributed by atoms with Crippen LogP contribution in [-0.4, -0.2) is 64.8 Å². The summed E-state index contributed by atoms with van der Waals surface area (Å²) >= 11 is 0. The Bertz CT molecular complexity index is 828. The largest absolute Gasteiger partial charge is 0.472 e. The number of hydrogen-bond donors (Lipinski definition) is 0. The van der Waals surface area contributed by atoms with Crippen LogP contribution in [0.3, 0.4) is 0 Å². The highest BCUT2D eigenvalue weighted by molar-refractivity contribution is 5.68. The Hall–Kier alpha value is -2.90. The van der Waals surface area contributed by atoms with Gasteiger partial charge in [0.2, 0.25) is 0 Å². The van der Waals surface area contributed by atoms with Crippen molar-refractivity contribution in [2.24, 2.45) is 0 Å². The number of carbonyl (C=O) groups is 1. The lowest BCUT2D eigenvalue weighted by atomic mass is 10.1. The summed E-state index contributed by atoms with van der Waals surface area (Å²) in [5, 5.41) is 0. The molecule has 8 nitrogen and oxygen atoms in total. The highest BCUT2D eigenvalue weighted by atomic mass is 16.6. The number of aromatic nitrogens is 3. The molecule has 0 radical (unpaired) electrons. The lowest BCUT2D eigenvalue weighted by Gasteiger charge is -2.33. The van der Waals surface area contributed by atoms with Crippen LogP contribution in [-0.2, 0) is 4.74 Å². The fourth-order valence-corrected chi connectivity index (χ4v) is 3.05. The summed E-state index contributed by atoms with van der Waals surface area (Å²) in [5.41, 5.74) is 1.18. The van der Waals surface area contributed by atoms with Gasteiger partial charge in [0, 0.05) is 58.0 Å². The Morgan fingerprint density at radius 3 is 2.41 bits per heavy atom. The minimum absolute atomic E-state index is 0.0330. The number of anilines is 1. The van der Waals surface area contributed by atoms with E-state index >= 15 is 0 Å². The van der Waals surface area contributed by atoms with Crippen LogP contribution >= 0.6 is 0 Å². The monoisotopic (exact) mass is 399 g/mol. The molecule has 3 rings (SSSR count). The van der Waals surface area contributed by atoms with Crippen LogP contribution in [0.5, 0.6) is 5.88 Å². The van der Waals surface area contributed by atoms with Gasteiger partial charge in [0.15, 0.2) is 5.82 Å². The van der Waals surface area contributed by atoms with Gasteiger partial charge in [-0.25, -0.2) is 14.8 Å². The van der Waals surface area contributed by atoms with E-state index in [0.29, 0.717) is 37.6 Å². The van der Waals surface area contributed by atoms with Crippen LogP contribution in [0.2, 0.25) is 0 Å². The third kappa shape index (κ3) is 5.56. The van der Waals surface area contributed by atoms with E-state index in [0.717, 1.165) is 11.3 Å². The minimum Gasteiger partial charge on any atom is -0.472 e. The van der Waals surface area contributed by atoms with Gasteiger partial charge in [-0.15, -0.1) is 0 Å². The third-order valence-corrected chi connectivity index (χ3v) is 4.49. The molecule has 8 heteroatoms. The first-order chi connectivity index (χ1) is 13.7. The number of ether oxygens (including phenoxy) is 2. The van der Waals surface area contributed by atoms with Crippen molar-refractivity contribution in [3.8, 4) is 17.1 Å². The van der Waals surface area contributed by atoms with Crippen molar-refractivity contribution in [3.63, 3.8) is 0 Å². The standard InChI is InChI=1S/C21H29N5O3/c1-21(2,3)29-20(27)26-12-8-16(9-13-26)28-19-18(25(4)5)23-14-17(24-19)15-6-10-22-11-7-15/h6-7,10-11,14,16H,8-9,12-13H2,1-5H3. The Balaban J connectivity index is 1.69. The zero-order valence-corrected chi connectivity index (χ0v) is 17.8. The van der Waals surface area contributed by atoms with Gasteiger partial charge in [0.1, 0.15) is 11.7 Å². The topological polar surface area (TPSA) is 80.7 Å². The van der Waals surface area contributed by atoms with E-state index in [1.165, 1.54) is 0 Å². The highest BCUT2D eigenvalue weighted by Crippen LogP contribution is 2.28. The second-order valence-corrected chi connectivity index (χ2v) is 8.30. The number of rotatable bonds is 4. The molecule has 0 atom stereocenters. The quantitative estimate of drug-likeness (QED) is 0.779. The van der Waals surface area contributed by atoms with E-state index in [2.05, 4.69) is 9.97 Å². The number of amides is 1. The molecule has 0 N–H and O–H groups in total. The van der Waals surface area contributed by atoms with Crippen LogP contribution in [0.4, 0.5) is 10.6 Å². The Kier molecular flexibility index (Phi) is 6.20. The van der Waals surface area contributed by atoms with Gasteiger partial charge in [-0.2, -0.15) is 0 Å². The van der Waals surface area contributed by atoms with Crippen molar-refractivity contribution in [2.45, 2.75) is 45.3 Å². The molecule has 3 heterocycles. The zero-order chi connectivity index (χ0) is 21.0. The van der Waals surface area contributed by atoms with Crippen LogP contribution < -0.4 is 9.64 Å². The molecular weight excluding hydrogens is 370 g/mol. The number of likely N-dealkylation sites (tertiary alicyclic amines) is 1. The van der Waals surface area contributed by atoms with E-state index in [4.69, 9.17) is 14.5 Å². The number of pyridine rings is 1. The fourth-order valence-electron chi connectivity index (χ4n) is 3.05. The molecular formula is C21H29N5O3. The molecule has 2 aromatic heterocycles. The van der Waals surface area contributed by atoms with Gasteiger partial charge in [-0.05, 0) is 32.9 Å². The molecule has 0 aromatic carbocycles. The minimum atomic E-state index is -0.492. The second kappa shape index (κ2) is 8.63. The van der Waals surface area contributed by atoms with E-state index in [1.54, 1.807) is 23.5 Å². The molecule has 156 valence electrons.